The number of amides is 1. The number of carbonyl (C=O) groups is 2. The molecular weight excluding hydrogens is 398 g/mol. The normalized spacial score (nSPS) is 17.0. The van der Waals surface area contributed by atoms with Gasteiger partial charge in [0.25, 0.3) is 5.91 Å². The number of hydrogen-bond donors (Lipinski definition) is 0. The molecule has 5 heteroatoms. The molecule has 0 saturated carbocycles. The molecule has 4 nitrogen and oxygen atoms in total. The lowest BCUT2D eigenvalue weighted by atomic mass is 9.83. The van der Waals surface area contributed by atoms with Gasteiger partial charge in [0, 0.05) is 42.1 Å². The zero-order valence-corrected chi connectivity index (χ0v) is 17.1. The Morgan fingerprint density at radius 1 is 0.900 bits per heavy atom. The molecule has 2 heterocycles. The topological polar surface area (TPSA) is 46.6 Å². The third kappa shape index (κ3) is 3.17. The number of esters is 1. The number of benzene rings is 3. The van der Waals surface area contributed by atoms with Crippen molar-refractivity contribution in [2.24, 2.45) is 0 Å². The number of rotatable bonds is 2. The second-order valence-electron chi connectivity index (χ2n) is 7.81. The molecule has 0 unspecified atom stereocenters. The number of hydrogen-bond acceptors (Lipinski definition) is 3. The van der Waals surface area contributed by atoms with Crippen molar-refractivity contribution in [3.05, 3.63) is 94.5 Å². The third-order valence-electron chi connectivity index (χ3n) is 6.07. The lowest BCUT2D eigenvalue weighted by Gasteiger charge is -2.38. The summed E-state index contributed by atoms with van der Waals surface area (Å²) in [5.74, 6) is -0.262. The summed E-state index contributed by atoms with van der Waals surface area (Å²) in [6.45, 7) is 1.10. The van der Waals surface area contributed by atoms with Gasteiger partial charge in [-0.15, -0.1) is 0 Å². The van der Waals surface area contributed by atoms with Crippen LogP contribution in [0.4, 0.5) is 0 Å². The van der Waals surface area contributed by atoms with Crippen LogP contribution < -0.4 is 0 Å². The van der Waals surface area contributed by atoms with Gasteiger partial charge in [0.2, 0.25) is 0 Å². The first-order chi connectivity index (χ1) is 14.6. The van der Waals surface area contributed by atoms with Gasteiger partial charge in [-0.25, -0.2) is 4.79 Å². The van der Waals surface area contributed by atoms with Crippen LogP contribution in [0.3, 0.4) is 0 Å². The zero-order chi connectivity index (χ0) is 20.7. The van der Waals surface area contributed by atoms with Crippen molar-refractivity contribution in [2.45, 2.75) is 18.4 Å². The highest BCUT2D eigenvalue weighted by molar-refractivity contribution is 6.30. The van der Waals surface area contributed by atoms with Crippen molar-refractivity contribution in [3.8, 4) is 11.1 Å². The first-order valence-electron chi connectivity index (χ1n) is 10.0. The van der Waals surface area contributed by atoms with Crippen LogP contribution in [0.2, 0.25) is 5.02 Å². The molecule has 1 amide bonds. The number of carbonyl (C=O) groups excluding carboxylic acids is 2. The number of ether oxygens (including phenoxy) is 1. The first-order valence-corrected chi connectivity index (χ1v) is 10.4. The minimum Gasteiger partial charge on any atom is -0.450 e. The van der Waals surface area contributed by atoms with E-state index in [0.29, 0.717) is 42.1 Å². The molecule has 1 fully saturated rings. The summed E-state index contributed by atoms with van der Waals surface area (Å²) < 4.78 is 5.78. The highest BCUT2D eigenvalue weighted by Crippen LogP contribution is 2.44. The van der Waals surface area contributed by atoms with E-state index in [1.165, 1.54) is 0 Å². The summed E-state index contributed by atoms with van der Waals surface area (Å²) in [7, 11) is 0. The highest BCUT2D eigenvalue weighted by atomic mass is 35.5. The van der Waals surface area contributed by atoms with E-state index in [2.05, 4.69) is 0 Å². The molecule has 150 valence electrons. The SMILES string of the molecule is O=C1OC2(CCN(C(=O)c3ccc(-c4cccc(Cl)c4)cc3)CC2)c2ccccc21. The highest BCUT2D eigenvalue weighted by Gasteiger charge is 2.47. The van der Waals surface area contributed by atoms with Gasteiger partial charge < -0.3 is 9.64 Å². The Hall–Kier alpha value is -3.11. The number of fused-ring (bicyclic) bond motifs is 2. The minimum atomic E-state index is -0.596. The maximum Gasteiger partial charge on any atom is 0.339 e. The van der Waals surface area contributed by atoms with Crippen LogP contribution in [-0.4, -0.2) is 29.9 Å². The van der Waals surface area contributed by atoms with Gasteiger partial charge in [-0.1, -0.05) is 54.1 Å². The monoisotopic (exact) mass is 417 g/mol. The average molecular weight is 418 g/mol. The molecule has 1 saturated heterocycles. The van der Waals surface area contributed by atoms with Crippen molar-refractivity contribution in [3.63, 3.8) is 0 Å². The Morgan fingerprint density at radius 3 is 2.37 bits per heavy atom. The summed E-state index contributed by atoms with van der Waals surface area (Å²) >= 11 is 6.08. The smallest absolute Gasteiger partial charge is 0.339 e. The van der Waals surface area contributed by atoms with Gasteiger partial charge in [-0.3, -0.25) is 4.79 Å². The van der Waals surface area contributed by atoms with Crippen molar-refractivity contribution >= 4 is 23.5 Å². The van der Waals surface area contributed by atoms with Gasteiger partial charge in [-0.2, -0.15) is 0 Å². The Morgan fingerprint density at radius 2 is 1.63 bits per heavy atom. The molecule has 0 atom stereocenters. The van der Waals surface area contributed by atoms with Crippen LogP contribution in [0.25, 0.3) is 11.1 Å². The second kappa shape index (κ2) is 7.29. The molecule has 3 aromatic rings. The van der Waals surface area contributed by atoms with E-state index < -0.39 is 5.60 Å². The predicted molar refractivity (Wildman–Crippen MR) is 116 cm³/mol. The fourth-order valence-electron chi connectivity index (χ4n) is 4.44. The molecule has 2 aliphatic rings. The van der Waals surface area contributed by atoms with Gasteiger partial charge in [0.15, 0.2) is 0 Å². The Bertz CT molecular complexity index is 1130. The summed E-state index contributed by atoms with van der Waals surface area (Å²) in [4.78, 5) is 27.1. The lowest BCUT2D eigenvalue weighted by molar-refractivity contribution is -0.0389. The van der Waals surface area contributed by atoms with Crippen LogP contribution >= 0.6 is 11.6 Å². The summed E-state index contributed by atoms with van der Waals surface area (Å²) in [5, 5.41) is 0.684. The largest absolute Gasteiger partial charge is 0.450 e. The van der Waals surface area contributed by atoms with Crippen LogP contribution in [0.5, 0.6) is 0 Å². The molecule has 0 aromatic heterocycles. The van der Waals surface area contributed by atoms with E-state index in [-0.39, 0.29) is 11.9 Å². The number of piperidine rings is 1. The standard InChI is InChI=1S/C25H20ClNO3/c26-20-5-3-4-19(16-20)17-8-10-18(11-9-17)23(28)27-14-12-25(13-15-27)22-7-2-1-6-21(22)24(29)30-25/h1-11,16H,12-15H2. The van der Waals surface area contributed by atoms with Crippen LogP contribution in [0.1, 0.15) is 39.1 Å². The Balaban J connectivity index is 1.30. The molecule has 2 aliphatic heterocycles. The first kappa shape index (κ1) is 18.9. The lowest BCUT2D eigenvalue weighted by Crippen LogP contribution is -2.45. The van der Waals surface area contributed by atoms with Gasteiger partial charge in [0.05, 0.1) is 5.56 Å². The van der Waals surface area contributed by atoms with Crippen molar-refractivity contribution in [1.82, 2.24) is 4.90 Å². The summed E-state index contributed by atoms with van der Waals surface area (Å²) in [6, 6.07) is 22.8. The van der Waals surface area contributed by atoms with Gasteiger partial charge in [-0.05, 0) is 41.5 Å². The second-order valence-corrected chi connectivity index (χ2v) is 8.25. The minimum absolute atomic E-state index is 0.0000951. The molecule has 0 aliphatic carbocycles. The molecule has 0 N–H and O–H groups in total. The molecule has 0 radical (unpaired) electrons. The van der Waals surface area contributed by atoms with Crippen LogP contribution in [0, 0.1) is 0 Å². The van der Waals surface area contributed by atoms with Crippen molar-refractivity contribution in [1.29, 1.82) is 0 Å². The number of halogens is 1. The fourth-order valence-corrected chi connectivity index (χ4v) is 4.63. The van der Waals surface area contributed by atoms with E-state index >= 15 is 0 Å². The number of likely N-dealkylation sites (tertiary alicyclic amines) is 1. The maximum absolute atomic E-state index is 13.0. The van der Waals surface area contributed by atoms with Crippen LogP contribution in [0.15, 0.2) is 72.8 Å². The third-order valence-corrected chi connectivity index (χ3v) is 6.31. The van der Waals surface area contributed by atoms with E-state index in [1.807, 2.05) is 77.7 Å². The Labute approximate surface area is 180 Å². The van der Waals surface area contributed by atoms with Crippen molar-refractivity contribution in [2.75, 3.05) is 13.1 Å². The average Bonchev–Trinajstić information content (AvgIpc) is 3.05. The fraction of sp³-hybridized carbons (Fsp3) is 0.200. The maximum atomic E-state index is 13.0. The van der Waals surface area contributed by atoms with E-state index in [1.54, 1.807) is 0 Å². The molecule has 1 spiro atoms. The van der Waals surface area contributed by atoms with Crippen LogP contribution in [-0.2, 0) is 10.3 Å². The van der Waals surface area contributed by atoms with Gasteiger partial charge in [0.1, 0.15) is 5.60 Å². The van der Waals surface area contributed by atoms with E-state index in [4.69, 9.17) is 16.3 Å². The predicted octanol–water partition coefficient (Wildman–Crippen LogP) is 5.31. The summed E-state index contributed by atoms with van der Waals surface area (Å²) in [5.41, 5.74) is 3.69. The Kier molecular flexibility index (Phi) is 4.59. The van der Waals surface area contributed by atoms with Gasteiger partial charge >= 0.3 is 5.97 Å². The van der Waals surface area contributed by atoms with Crippen molar-refractivity contribution < 1.29 is 14.3 Å². The zero-order valence-electron chi connectivity index (χ0n) is 16.3. The molecule has 3 aromatic carbocycles. The molecule has 0 bridgehead atoms. The van der Waals surface area contributed by atoms with E-state index in [0.717, 1.165) is 16.7 Å². The molecule has 5 rings (SSSR count). The molecule has 30 heavy (non-hydrogen) atoms. The molecular formula is C25H20ClNO3. The quantitative estimate of drug-likeness (QED) is 0.531. The van der Waals surface area contributed by atoms with E-state index in [9.17, 15) is 9.59 Å². The summed E-state index contributed by atoms with van der Waals surface area (Å²) in [6.07, 6.45) is 1.23. The number of nitrogens with zero attached hydrogens (tertiary/aromatic N) is 1.